The summed E-state index contributed by atoms with van der Waals surface area (Å²) in [6.07, 6.45) is 0. The minimum Gasteiger partial charge on any atom is -0.489 e. The number of halogens is 1. The highest BCUT2D eigenvalue weighted by atomic mass is 19.1. The molecule has 0 fully saturated rings. The highest BCUT2D eigenvalue weighted by molar-refractivity contribution is 5.35. The molecule has 0 saturated carbocycles. The van der Waals surface area contributed by atoms with Crippen LogP contribution >= 0.6 is 0 Å². The lowest BCUT2D eigenvalue weighted by Gasteiger charge is -2.13. The van der Waals surface area contributed by atoms with Crippen LogP contribution in [-0.4, -0.2) is 0 Å². The maximum Gasteiger partial charge on any atom is 0.124 e. The fourth-order valence-electron chi connectivity index (χ4n) is 1.73. The lowest BCUT2D eigenvalue weighted by atomic mass is 10.1. The molecule has 1 atom stereocenters. The van der Waals surface area contributed by atoms with Gasteiger partial charge in [-0.25, -0.2) is 4.39 Å². The molecule has 0 unspecified atom stereocenters. The third-order valence-electron chi connectivity index (χ3n) is 2.72. The van der Waals surface area contributed by atoms with E-state index < -0.39 is 0 Å². The van der Waals surface area contributed by atoms with E-state index in [9.17, 15) is 4.39 Å². The number of rotatable bonds is 4. The monoisotopic (exact) mass is 245 g/mol. The Balaban J connectivity index is 2.08. The third kappa shape index (κ3) is 3.08. The number of nitrogens with two attached hydrogens (primary N) is 1. The Bertz CT molecular complexity index is 508. The molecule has 2 aromatic rings. The summed E-state index contributed by atoms with van der Waals surface area (Å²) < 4.78 is 18.5. The Kier molecular flexibility index (Phi) is 3.95. The number of benzene rings is 2. The van der Waals surface area contributed by atoms with Crippen LogP contribution in [0.15, 0.2) is 48.5 Å². The average Bonchev–Trinajstić information content (AvgIpc) is 2.38. The fourth-order valence-corrected chi connectivity index (χ4v) is 1.73. The van der Waals surface area contributed by atoms with Gasteiger partial charge in [-0.1, -0.05) is 30.3 Å². The van der Waals surface area contributed by atoms with Crippen molar-refractivity contribution in [2.45, 2.75) is 19.6 Å². The lowest BCUT2D eigenvalue weighted by molar-refractivity contribution is 0.301. The minimum absolute atomic E-state index is 0.0746. The molecule has 0 bridgehead atoms. The van der Waals surface area contributed by atoms with E-state index in [1.807, 2.05) is 31.2 Å². The molecule has 0 aliphatic rings. The van der Waals surface area contributed by atoms with Gasteiger partial charge in [0.25, 0.3) is 0 Å². The van der Waals surface area contributed by atoms with Crippen molar-refractivity contribution in [3.63, 3.8) is 0 Å². The first kappa shape index (κ1) is 12.6. The SMILES string of the molecule is C[C@H](N)c1ccccc1OCc1ccc(F)cc1. The van der Waals surface area contributed by atoms with Crippen LogP contribution in [0, 0.1) is 5.82 Å². The van der Waals surface area contributed by atoms with Crippen LogP contribution in [0.5, 0.6) is 5.75 Å². The van der Waals surface area contributed by atoms with Crippen LogP contribution in [0.1, 0.15) is 24.1 Å². The van der Waals surface area contributed by atoms with Gasteiger partial charge in [0.15, 0.2) is 0 Å². The Morgan fingerprint density at radius 3 is 2.44 bits per heavy atom. The first-order chi connectivity index (χ1) is 8.66. The van der Waals surface area contributed by atoms with Crippen LogP contribution in [0.4, 0.5) is 4.39 Å². The highest BCUT2D eigenvalue weighted by Crippen LogP contribution is 2.24. The van der Waals surface area contributed by atoms with Gasteiger partial charge in [-0.15, -0.1) is 0 Å². The van der Waals surface area contributed by atoms with Gasteiger partial charge >= 0.3 is 0 Å². The molecule has 2 nitrogen and oxygen atoms in total. The van der Waals surface area contributed by atoms with Crippen LogP contribution in [-0.2, 0) is 6.61 Å². The Morgan fingerprint density at radius 1 is 1.11 bits per heavy atom. The van der Waals surface area contributed by atoms with E-state index in [4.69, 9.17) is 10.5 Å². The van der Waals surface area contributed by atoms with Gasteiger partial charge in [0.1, 0.15) is 18.2 Å². The summed E-state index contributed by atoms with van der Waals surface area (Å²) in [5.41, 5.74) is 7.77. The quantitative estimate of drug-likeness (QED) is 0.895. The zero-order chi connectivity index (χ0) is 13.0. The molecule has 2 N–H and O–H groups in total. The van der Waals surface area contributed by atoms with Crippen molar-refractivity contribution in [3.8, 4) is 5.75 Å². The Labute approximate surface area is 106 Å². The van der Waals surface area contributed by atoms with Crippen LogP contribution in [0.25, 0.3) is 0 Å². The van der Waals surface area contributed by atoms with E-state index in [0.29, 0.717) is 6.61 Å². The predicted octanol–water partition coefficient (Wildman–Crippen LogP) is 3.42. The number of ether oxygens (including phenoxy) is 1. The molecule has 0 aromatic heterocycles. The zero-order valence-electron chi connectivity index (χ0n) is 10.3. The standard InChI is InChI=1S/C15H16FNO/c1-11(17)14-4-2-3-5-15(14)18-10-12-6-8-13(16)9-7-12/h2-9,11H,10,17H2,1H3/t11-/m0/s1. The Morgan fingerprint density at radius 2 is 1.78 bits per heavy atom. The molecule has 0 heterocycles. The minimum atomic E-state index is -0.241. The number of hydrogen-bond acceptors (Lipinski definition) is 2. The molecule has 0 radical (unpaired) electrons. The topological polar surface area (TPSA) is 35.2 Å². The van der Waals surface area contributed by atoms with Gasteiger partial charge in [-0.2, -0.15) is 0 Å². The van der Waals surface area contributed by atoms with Crippen molar-refractivity contribution in [2.75, 3.05) is 0 Å². The van der Waals surface area contributed by atoms with E-state index >= 15 is 0 Å². The molecule has 0 aliphatic carbocycles. The van der Waals surface area contributed by atoms with Crippen LogP contribution < -0.4 is 10.5 Å². The largest absolute Gasteiger partial charge is 0.489 e. The fraction of sp³-hybridized carbons (Fsp3) is 0.200. The van der Waals surface area contributed by atoms with E-state index in [1.165, 1.54) is 12.1 Å². The van der Waals surface area contributed by atoms with Crippen molar-refractivity contribution >= 4 is 0 Å². The Hall–Kier alpha value is -1.87. The van der Waals surface area contributed by atoms with E-state index in [2.05, 4.69) is 0 Å². The second kappa shape index (κ2) is 5.65. The highest BCUT2D eigenvalue weighted by Gasteiger charge is 2.07. The molecule has 0 spiro atoms. The smallest absolute Gasteiger partial charge is 0.124 e. The van der Waals surface area contributed by atoms with Crippen LogP contribution in [0.2, 0.25) is 0 Å². The molecule has 18 heavy (non-hydrogen) atoms. The third-order valence-corrected chi connectivity index (χ3v) is 2.72. The summed E-state index contributed by atoms with van der Waals surface area (Å²) in [4.78, 5) is 0. The summed E-state index contributed by atoms with van der Waals surface area (Å²) in [5.74, 6) is 0.534. The van der Waals surface area contributed by atoms with Crippen molar-refractivity contribution in [2.24, 2.45) is 5.73 Å². The van der Waals surface area contributed by atoms with E-state index in [-0.39, 0.29) is 11.9 Å². The first-order valence-corrected chi connectivity index (χ1v) is 5.88. The lowest BCUT2D eigenvalue weighted by Crippen LogP contribution is -2.07. The average molecular weight is 245 g/mol. The molecular weight excluding hydrogens is 229 g/mol. The second-order valence-corrected chi connectivity index (χ2v) is 4.24. The van der Waals surface area contributed by atoms with Gasteiger partial charge in [0, 0.05) is 11.6 Å². The van der Waals surface area contributed by atoms with Crippen LogP contribution in [0.3, 0.4) is 0 Å². The van der Waals surface area contributed by atoms with Gasteiger partial charge < -0.3 is 10.5 Å². The molecule has 2 rings (SSSR count). The molecule has 0 amide bonds. The number of para-hydroxylation sites is 1. The van der Waals surface area contributed by atoms with E-state index in [0.717, 1.165) is 16.9 Å². The van der Waals surface area contributed by atoms with Crippen molar-refractivity contribution in [1.29, 1.82) is 0 Å². The second-order valence-electron chi connectivity index (χ2n) is 4.24. The summed E-state index contributed by atoms with van der Waals surface area (Å²) in [5, 5.41) is 0. The first-order valence-electron chi connectivity index (χ1n) is 5.88. The molecule has 0 aliphatic heterocycles. The predicted molar refractivity (Wildman–Crippen MR) is 69.8 cm³/mol. The van der Waals surface area contributed by atoms with Crippen molar-refractivity contribution < 1.29 is 9.13 Å². The van der Waals surface area contributed by atoms with Crippen molar-refractivity contribution in [1.82, 2.24) is 0 Å². The van der Waals surface area contributed by atoms with Gasteiger partial charge in [0.2, 0.25) is 0 Å². The van der Waals surface area contributed by atoms with Gasteiger partial charge in [-0.05, 0) is 30.7 Å². The molecule has 3 heteroatoms. The maximum absolute atomic E-state index is 12.8. The molecule has 0 saturated heterocycles. The normalized spacial score (nSPS) is 12.2. The zero-order valence-corrected chi connectivity index (χ0v) is 10.3. The summed E-state index contributed by atoms with van der Waals surface area (Å²) in [6, 6.07) is 13.9. The molecule has 94 valence electrons. The summed E-state index contributed by atoms with van der Waals surface area (Å²) in [6.45, 7) is 2.32. The number of hydrogen-bond donors (Lipinski definition) is 1. The maximum atomic E-state index is 12.8. The van der Waals surface area contributed by atoms with Gasteiger partial charge in [0.05, 0.1) is 0 Å². The van der Waals surface area contributed by atoms with Gasteiger partial charge in [-0.3, -0.25) is 0 Å². The van der Waals surface area contributed by atoms with Crippen molar-refractivity contribution in [3.05, 3.63) is 65.5 Å². The summed E-state index contributed by atoms with van der Waals surface area (Å²) >= 11 is 0. The molecular formula is C15H16FNO. The molecule has 2 aromatic carbocycles. The van der Waals surface area contributed by atoms with E-state index in [1.54, 1.807) is 12.1 Å². The summed E-state index contributed by atoms with van der Waals surface area (Å²) in [7, 11) is 0.